The Morgan fingerprint density at radius 1 is 1.03 bits per heavy atom. The molecule has 7 heteroatoms. The standard InChI is InChI=1S/C25H41N3O4/c1-24(2,3)31-22(29)21(26)14-10-13-20-18-27(17-19-11-8-7-9-12-19)15-16-28(20)23(30)32-25(4,5)6/h7-9,11-12,20-21H,10,13-18,26H2,1-6H3/t20-,21?/m0/s1. The Hall–Kier alpha value is -2.12. The van der Waals surface area contributed by atoms with E-state index in [-0.39, 0.29) is 18.1 Å². The van der Waals surface area contributed by atoms with Crippen LogP contribution in [0.3, 0.4) is 0 Å². The Balaban J connectivity index is 1.98. The highest BCUT2D eigenvalue weighted by Crippen LogP contribution is 2.21. The van der Waals surface area contributed by atoms with Gasteiger partial charge in [-0.25, -0.2) is 4.79 Å². The predicted octanol–water partition coefficient (Wildman–Crippen LogP) is 3.95. The first-order valence-electron chi connectivity index (χ1n) is 11.6. The van der Waals surface area contributed by atoms with E-state index in [1.54, 1.807) is 0 Å². The van der Waals surface area contributed by atoms with Crippen LogP contribution in [-0.2, 0) is 20.8 Å². The summed E-state index contributed by atoms with van der Waals surface area (Å²) in [5.74, 6) is -0.379. The second-order valence-corrected chi connectivity index (χ2v) is 10.6. The molecule has 0 bridgehead atoms. The number of benzene rings is 1. The number of nitrogens with zero attached hydrogens (tertiary/aromatic N) is 2. The molecule has 2 N–H and O–H groups in total. The lowest BCUT2D eigenvalue weighted by molar-refractivity contribution is -0.156. The van der Waals surface area contributed by atoms with Crippen molar-refractivity contribution in [3.8, 4) is 0 Å². The molecule has 180 valence electrons. The smallest absolute Gasteiger partial charge is 0.410 e. The number of hydrogen-bond acceptors (Lipinski definition) is 6. The zero-order valence-electron chi connectivity index (χ0n) is 20.6. The minimum atomic E-state index is -0.659. The van der Waals surface area contributed by atoms with Crippen LogP contribution in [0.15, 0.2) is 30.3 Å². The molecule has 0 saturated carbocycles. The summed E-state index contributed by atoms with van der Waals surface area (Å²) in [4.78, 5) is 29.2. The number of piperazine rings is 1. The normalized spacial score (nSPS) is 18.8. The van der Waals surface area contributed by atoms with E-state index < -0.39 is 17.2 Å². The van der Waals surface area contributed by atoms with Gasteiger partial charge >= 0.3 is 12.1 Å². The highest BCUT2D eigenvalue weighted by molar-refractivity contribution is 5.75. The molecule has 7 nitrogen and oxygen atoms in total. The van der Waals surface area contributed by atoms with Crippen LogP contribution in [-0.4, -0.2) is 64.8 Å². The third-order valence-electron chi connectivity index (χ3n) is 5.21. The van der Waals surface area contributed by atoms with Gasteiger partial charge in [0.15, 0.2) is 0 Å². The molecular weight excluding hydrogens is 406 g/mol. The summed E-state index contributed by atoms with van der Waals surface area (Å²) in [5.41, 5.74) is 6.22. The summed E-state index contributed by atoms with van der Waals surface area (Å²) in [5, 5.41) is 0. The van der Waals surface area contributed by atoms with Gasteiger partial charge in [0.2, 0.25) is 0 Å². The lowest BCUT2D eigenvalue weighted by atomic mass is 10.0. The minimum Gasteiger partial charge on any atom is -0.459 e. The maximum Gasteiger partial charge on any atom is 0.410 e. The number of nitrogens with two attached hydrogens (primary N) is 1. The Bertz CT molecular complexity index is 740. The van der Waals surface area contributed by atoms with E-state index in [4.69, 9.17) is 15.2 Å². The van der Waals surface area contributed by atoms with Gasteiger partial charge < -0.3 is 20.1 Å². The van der Waals surface area contributed by atoms with Crippen molar-refractivity contribution in [2.75, 3.05) is 19.6 Å². The molecule has 2 atom stereocenters. The fourth-order valence-electron chi connectivity index (χ4n) is 3.78. The maximum absolute atomic E-state index is 12.8. The van der Waals surface area contributed by atoms with Crippen LogP contribution in [0.25, 0.3) is 0 Å². The SMILES string of the molecule is CC(C)(C)OC(=O)C(N)CCC[C@H]1CN(Cc2ccccc2)CCN1C(=O)OC(C)(C)C. The Kier molecular flexibility index (Phi) is 9.10. The quantitative estimate of drug-likeness (QED) is 0.637. The molecule has 1 heterocycles. The van der Waals surface area contributed by atoms with Gasteiger partial charge in [-0.05, 0) is 66.4 Å². The van der Waals surface area contributed by atoms with Gasteiger partial charge in [0.05, 0.1) is 0 Å². The van der Waals surface area contributed by atoms with Crippen LogP contribution in [0.4, 0.5) is 4.79 Å². The molecule has 1 aromatic rings. The molecule has 1 amide bonds. The highest BCUT2D eigenvalue weighted by Gasteiger charge is 2.33. The van der Waals surface area contributed by atoms with Gasteiger partial charge in [0.1, 0.15) is 17.2 Å². The van der Waals surface area contributed by atoms with E-state index in [0.29, 0.717) is 13.0 Å². The predicted molar refractivity (Wildman–Crippen MR) is 126 cm³/mol. The molecular formula is C25H41N3O4. The van der Waals surface area contributed by atoms with E-state index in [9.17, 15) is 9.59 Å². The van der Waals surface area contributed by atoms with Gasteiger partial charge in [-0.1, -0.05) is 30.3 Å². The van der Waals surface area contributed by atoms with Crippen molar-refractivity contribution in [3.63, 3.8) is 0 Å². The average molecular weight is 448 g/mol. The summed E-state index contributed by atoms with van der Waals surface area (Å²) < 4.78 is 11.0. The van der Waals surface area contributed by atoms with E-state index in [1.165, 1.54) is 5.56 Å². The highest BCUT2D eigenvalue weighted by atomic mass is 16.6. The fourth-order valence-corrected chi connectivity index (χ4v) is 3.78. The number of hydrogen-bond donors (Lipinski definition) is 1. The summed E-state index contributed by atoms with van der Waals surface area (Å²) in [6, 6.07) is 9.69. The van der Waals surface area contributed by atoms with Crippen LogP contribution in [0.2, 0.25) is 0 Å². The van der Waals surface area contributed by atoms with Crippen LogP contribution < -0.4 is 5.73 Å². The molecule has 1 saturated heterocycles. The number of carbonyl (C=O) groups is 2. The van der Waals surface area contributed by atoms with Gasteiger partial charge in [-0.3, -0.25) is 9.69 Å². The number of amides is 1. The van der Waals surface area contributed by atoms with E-state index in [2.05, 4.69) is 17.0 Å². The lowest BCUT2D eigenvalue weighted by Crippen LogP contribution is -2.55. The van der Waals surface area contributed by atoms with Gasteiger partial charge in [0, 0.05) is 32.2 Å². The summed E-state index contributed by atoms with van der Waals surface area (Å²) in [6.45, 7) is 14.2. The zero-order chi connectivity index (χ0) is 23.9. The number of ether oxygens (including phenoxy) is 2. The van der Waals surface area contributed by atoms with Gasteiger partial charge in [-0.15, -0.1) is 0 Å². The summed E-state index contributed by atoms with van der Waals surface area (Å²) >= 11 is 0. The topological polar surface area (TPSA) is 85.1 Å². The lowest BCUT2D eigenvalue weighted by Gasteiger charge is -2.42. The monoisotopic (exact) mass is 447 g/mol. The summed E-state index contributed by atoms with van der Waals surface area (Å²) in [7, 11) is 0. The molecule has 1 unspecified atom stereocenters. The largest absolute Gasteiger partial charge is 0.459 e. The molecule has 1 fully saturated rings. The average Bonchev–Trinajstić information content (AvgIpc) is 2.66. The third kappa shape index (κ3) is 9.17. The fraction of sp³-hybridized carbons (Fsp3) is 0.680. The first-order chi connectivity index (χ1) is 14.8. The van der Waals surface area contributed by atoms with Crippen molar-refractivity contribution in [3.05, 3.63) is 35.9 Å². The van der Waals surface area contributed by atoms with E-state index in [0.717, 1.165) is 32.5 Å². The van der Waals surface area contributed by atoms with Crippen molar-refractivity contribution in [1.82, 2.24) is 9.80 Å². The second kappa shape index (κ2) is 11.1. The Morgan fingerprint density at radius 3 is 2.25 bits per heavy atom. The van der Waals surface area contributed by atoms with Crippen LogP contribution in [0.1, 0.15) is 66.4 Å². The van der Waals surface area contributed by atoms with Crippen LogP contribution >= 0.6 is 0 Å². The van der Waals surface area contributed by atoms with Crippen LogP contribution in [0.5, 0.6) is 0 Å². The van der Waals surface area contributed by atoms with Crippen molar-refractivity contribution < 1.29 is 19.1 Å². The third-order valence-corrected chi connectivity index (χ3v) is 5.21. The molecule has 0 aliphatic carbocycles. The maximum atomic E-state index is 12.8. The number of rotatable bonds is 7. The molecule has 2 rings (SSSR count). The van der Waals surface area contributed by atoms with Crippen molar-refractivity contribution in [1.29, 1.82) is 0 Å². The molecule has 0 radical (unpaired) electrons. The molecule has 1 aliphatic rings. The molecule has 0 spiro atoms. The van der Waals surface area contributed by atoms with Crippen LogP contribution in [0, 0.1) is 0 Å². The first-order valence-corrected chi connectivity index (χ1v) is 11.6. The van der Waals surface area contributed by atoms with Crippen molar-refractivity contribution in [2.45, 2.75) is 90.6 Å². The van der Waals surface area contributed by atoms with E-state index >= 15 is 0 Å². The van der Waals surface area contributed by atoms with Gasteiger partial charge in [0.25, 0.3) is 0 Å². The first kappa shape index (κ1) is 26.1. The Labute approximate surface area is 193 Å². The van der Waals surface area contributed by atoms with Gasteiger partial charge in [-0.2, -0.15) is 0 Å². The second-order valence-electron chi connectivity index (χ2n) is 10.6. The molecule has 1 aliphatic heterocycles. The Morgan fingerprint density at radius 2 is 1.66 bits per heavy atom. The minimum absolute atomic E-state index is 0.00755. The zero-order valence-corrected chi connectivity index (χ0v) is 20.6. The molecule has 32 heavy (non-hydrogen) atoms. The molecule has 1 aromatic carbocycles. The van der Waals surface area contributed by atoms with Crippen molar-refractivity contribution in [2.24, 2.45) is 5.73 Å². The number of carbonyl (C=O) groups excluding carboxylic acids is 2. The summed E-state index contributed by atoms with van der Waals surface area (Å²) in [6.07, 6.45) is 1.72. The molecule has 0 aromatic heterocycles. The van der Waals surface area contributed by atoms with Crippen molar-refractivity contribution >= 4 is 12.1 Å². The van der Waals surface area contributed by atoms with E-state index in [1.807, 2.05) is 64.6 Å². The number of esters is 1.